The number of phenolic OH excluding ortho intramolecular Hbond substituents is 1. The second kappa shape index (κ2) is 10.3. The van der Waals surface area contributed by atoms with E-state index >= 15 is 0 Å². The highest BCUT2D eigenvalue weighted by molar-refractivity contribution is 7.84. The van der Waals surface area contributed by atoms with Crippen molar-refractivity contribution < 1.29 is 14.4 Å². The Hall–Kier alpha value is -1.89. The molecule has 3 unspecified atom stereocenters. The SMILES string of the molecule is CC(CCCNc1ccccc1)NCC(O)c1ccc(O)c(S(C)=O)c1. The molecule has 142 valence electrons. The summed E-state index contributed by atoms with van der Waals surface area (Å²) in [7, 11) is -1.29. The van der Waals surface area contributed by atoms with Crippen LogP contribution in [-0.4, -0.2) is 39.8 Å². The zero-order chi connectivity index (χ0) is 18.9. The van der Waals surface area contributed by atoms with Crippen molar-refractivity contribution in [1.29, 1.82) is 0 Å². The van der Waals surface area contributed by atoms with Gasteiger partial charge in [-0.3, -0.25) is 4.21 Å². The van der Waals surface area contributed by atoms with Crippen LogP contribution < -0.4 is 10.6 Å². The van der Waals surface area contributed by atoms with E-state index in [1.807, 2.05) is 30.3 Å². The normalized spacial score (nSPS) is 14.6. The zero-order valence-corrected chi connectivity index (χ0v) is 16.1. The van der Waals surface area contributed by atoms with Gasteiger partial charge in [0.15, 0.2) is 0 Å². The summed E-state index contributed by atoms with van der Waals surface area (Å²) in [4.78, 5) is 0.349. The van der Waals surface area contributed by atoms with Crippen LogP contribution in [0.5, 0.6) is 5.75 Å². The molecule has 2 rings (SSSR count). The van der Waals surface area contributed by atoms with Gasteiger partial charge >= 0.3 is 0 Å². The number of hydrogen-bond acceptors (Lipinski definition) is 5. The first kappa shape index (κ1) is 20.4. The number of rotatable bonds is 10. The van der Waals surface area contributed by atoms with Crippen molar-refractivity contribution in [2.24, 2.45) is 0 Å². The predicted molar refractivity (Wildman–Crippen MR) is 107 cm³/mol. The van der Waals surface area contributed by atoms with E-state index in [0.29, 0.717) is 17.0 Å². The van der Waals surface area contributed by atoms with Gasteiger partial charge in [0, 0.05) is 31.1 Å². The first-order valence-electron chi connectivity index (χ1n) is 8.84. The molecule has 26 heavy (non-hydrogen) atoms. The molecule has 0 aliphatic carbocycles. The minimum absolute atomic E-state index is 0.00553. The lowest BCUT2D eigenvalue weighted by Crippen LogP contribution is -2.30. The average Bonchev–Trinajstić information content (AvgIpc) is 2.64. The van der Waals surface area contributed by atoms with Crippen molar-refractivity contribution >= 4 is 16.5 Å². The standard InChI is InChI=1S/C20H28N2O3S/c1-15(7-6-12-21-17-8-4-3-5-9-17)22-14-19(24)16-10-11-18(23)20(13-16)26(2)25/h3-5,8-11,13,15,19,21-24H,6-7,12,14H2,1-2H3. The Labute approximate surface area is 157 Å². The fraction of sp³-hybridized carbons (Fsp3) is 0.400. The summed E-state index contributed by atoms with van der Waals surface area (Å²) < 4.78 is 11.6. The number of aliphatic hydroxyl groups is 1. The Morgan fingerprint density at radius 3 is 2.58 bits per heavy atom. The van der Waals surface area contributed by atoms with Gasteiger partial charge in [-0.1, -0.05) is 24.3 Å². The molecular weight excluding hydrogens is 348 g/mol. The molecule has 5 nitrogen and oxygen atoms in total. The average molecular weight is 377 g/mol. The smallest absolute Gasteiger partial charge is 0.131 e. The Kier molecular flexibility index (Phi) is 8.09. The molecule has 3 atom stereocenters. The van der Waals surface area contributed by atoms with E-state index in [9.17, 15) is 14.4 Å². The summed E-state index contributed by atoms with van der Waals surface area (Å²) >= 11 is 0. The Morgan fingerprint density at radius 2 is 1.88 bits per heavy atom. The predicted octanol–water partition coefficient (Wildman–Crippen LogP) is 3.03. The van der Waals surface area contributed by atoms with Crippen LogP contribution in [0.3, 0.4) is 0 Å². The van der Waals surface area contributed by atoms with Crippen molar-refractivity contribution in [3.63, 3.8) is 0 Å². The van der Waals surface area contributed by atoms with Crippen LogP contribution in [0.1, 0.15) is 31.4 Å². The van der Waals surface area contributed by atoms with Crippen LogP contribution >= 0.6 is 0 Å². The van der Waals surface area contributed by atoms with Gasteiger partial charge in [0.05, 0.1) is 21.8 Å². The summed E-state index contributed by atoms with van der Waals surface area (Å²) in [5, 5.41) is 26.8. The Balaban J connectivity index is 1.72. The van der Waals surface area contributed by atoms with Gasteiger partial charge in [-0.15, -0.1) is 0 Å². The largest absolute Gasteiger partial charge is 0.507 e. The van der Waals surface area contributed by atoms with Gasteiger partial charge in [-0.05, 0) is 49.6 Å². The fourth-order valence-electron chi connectivity index (χ4n) is 2.70. The fourth-order valence-corrected chi connectivity index (χ4v) is 3.36. The molecule has 0 radical (unpaired) electrons. The number of anilines is 1. The highest BCUT2D eigenvalue weighted by Crippen LogP contribution is 2.24. The van der Waals surface area contributed by atoms with Crippen LogP contribution in [0.2, 0.25) is 0 Å². The van der Waals surface area contributed by atoms with Gasteiger partial charge in [-0.2, -0.15) is 0 Å². The summed E-state index contributed by atoms with van der Waals surface area (Å²) in [5.41, 5.74) is 1.78. The monoisotopic (exact) mass is 376 g/mol. The van der Waals surface area contributed by atoms with Gasteiger partial charge in [0.2, 0.25) is 0 Å². The molecule has 4 N–H and O–H groups in total. The molecule has 0 bridgehead atoms. The molecule has 0 aromatic heterocycles. The third kappa shape index (κ3) is 6.44. The molecule has 2 aromatic carbocycles. The number of aromatic hydroxyl groups is 1. The summed E-state index contributed by atoms with van der Waals surface area (Å²) in [5.74, 6) is -0.00553. The highest BCUT2D eigenvalue weighted by Gasteiger charge is 2.13. The Bertz CT molecular complexity index is 709. The van der Waals surface area contributed by atoms with Crippen LogP contribution in [0.15, 0.2) is 53.4 Å². The van der Waals surface area contributed by atoms with Crippen LogP contribution in [0.25, 0.3) is 0 Å². The Morgan fingerprint density at radius 1 is 1.15 bits per heavy atom. The molecular formula is C20H28N2O3S. The van der Waals surface area contributed by atoms with Crippen molar-refractivity contribution in [3.8, 4) is 5.75 Å². The minimum atomic E-state index is -1.29. The number of aliphatic hydroxyl groups excluding tert-OH is 1. The third-order valence-corrected chi connectivity index (χ3v) is 5.20. The molecule has 6 heteroatoms. The van der Waals surface area contributed by atoms with Gasteiger partial charge in [-0.25, -0.2) is 0 Å². The van der Waals surface area contributed by atoms with E-state index in [1.54, 1.807) is 12.1 Å². The van der Waals surface area contributed by atoms with E-state index in [0.717, 1.165) is 25.1 Å². The summed E-state index contributed by atoms with van der Waals surface area (Å²) in [6.07, 6.45) is 2.82. The lowest BCUT2D eigenvalue weighted by atomic mass is 10.1. The van der Waals surface area contributed by atoms with E-state index < -0.39 is 16.9 Å². The minimum Gasteiger partial charge on any atom is -0.507 e. The molecule has 0 aliphatic heterocycles. The van der Waals surface area contributed by atoms with E-state index in [-0.39, 0.29) is 11.8 Å². The van der Waals surface area contributed by atoms with Gasteiger partial charge in [0.1, 0.15) is 5.75 Å². The van der Waals surface area contributed by atoms with Gasteiger partial charge in [0.25, 0.3) is 0 Å². The first-order valence-corrected chi connectivity index (χ1v) is 10.4. The van der Waals surface area contributed by atoms with Crippen LogP contribution in [0.4, 0.5) is 5.69 Å². The van der Waals surface area contributed by atoms with Crippen molar-refractivity contribution in [2.45, 2.75) is 36.8 Å². The van der Waals surface area contributed by atoms with Crippen molar-refractivity contribution in [2.75, 3.05) is 24.7 Å². The molecule has 0 amide bonds. The van der Waals surface area contributed by atoms with Crippen LogP contribution in [-0.2, 0) is 10.8 Å². The summed E-state index contributed by atoms with van der Waals surface area (Å²) in [6, 6.07) is 15.1. The van der Waals surface area contributed by atoms with E-state index in [4.69, 9.17) is 0 Å². The summed E-state index contributed by atoms with van der Waals surface area (Å²) in [6.45, 7) is 3.41. The topological polar surface area (TPSA) is 81.6 Å². The van der Waals surface area contributed by atoms with Crippen molar-refractivity contribution in [3.05, 3.63) is 54.1 Å². The van der Waals surface area contributed by atoms with Crippen LogP contribution in [0, 0.1) is 0 Å². The maximum atomic E-state index is 11.6. The number of phenols is 1. The molecule has 0 saturated heterocycles. The number of benzene rings is 2. The molecule has 0 heterocycles. The number of para-hydroxylation sites is 1. The van der Waals surface area contributed by atoms with Crippen molar-refractivity contribution in [1.82, 2.24) is 5.32 Å². The van der Waals surface area contributed by atoms with E-state index in [2.05, 4.69) is 17.6 Å². The highest BCUT2D eigenvalue weighted by atomic mass is 32.2. The van der Waals surface area contributed by atoms with Gasteiger partial charge < -0.3 is 20.8 Å². The van der Waals surface area contributed by atoms with E-state index in [1.165, 1.54) is 12.3 Å². The molecule has 0 saturated carbocycles. The molecule has 0 fully saturated rings. The second-order valence-corrected chi connectivity index (χ2v) is 7.79. The number of nitrogens with one attached hydrogen (secondary N) is 2. The number of hydrogen-bond donors (Lipinski definition) is 4. The lowest BCUT2D eigenvalue weighted by Gasteiger charge is -2.18. The third-order valence-electron chi connectivity index (χ3n) is 4.25. The maximum absolute atomic E-state index is 11.6. The lowest BCUT2D eigenvalue weighted by molar-refractivity contribution is 0.169. The molecule has 2 aromatic rings. The second-order valence-electron chi connectivity index (χ2n) is 6.44. The quantitative estimate of drug-likeness (QED) is 0.479. The molecule has 0 aliphatic rings. The molecule has 0 spiro atoms. The first-order chi connectivity index (χ1) is 12.5. The maximum Gasteiger partial charge on any atom is 0.131 e. The zero-order valence-electron chi connectivity index (χ0n) is 15.3.